The minimum absolute atomic E-state index is 0. The number of ketones is 1. The van der Waals surface area contributed by atoms with E-state index in [1.54, 1.807) is 0 Å². The molecule has 0 spiro atoms. The Balaban J connectivity index is 0.000000200. The van der Waals surface area contributed by atoms with Crippen LogP contribution in [0.5, 0.6) is 0 Å². The largest absolute Gasteiger partial charge is 0.523 e. The second-order valence-electron chi connectivity index (χ2n) is 29.3. The van der Waals surface area contributed by atoms with E-state index in [4.69, 9.17) is 61.7 Å². The van der Waals surface area contributed by atoms with Gasteiger partial charge in [0.15, 0.2) is 5.78 Å². The molecule has 6 aliphatic rings. The number of para-hydroxylation sites is 3. The minimum Gasteiger partial charge on any atom is -0.523 e. The van der Waals surface area contributed by atoms with Crippen molar-refractivity contribution >= 4 is 5.78 Å². The fourth-order valence-electron chi connectivity index (χ4n) is 18.0. The highest BCUT2D eigenvalue weighted by molar-refractivity contribution is 6.00. The van der Waals surface area contributed by atoms with Crippen LogP contribution in [0.15, 0.2) is 216 Å². The number of aliphatic hydroxyl groups excluding tert-OH is 1. The highest BCUT2D eigenvalue weighted by Gasteiger charge is 2.54. The summed E-state index contributed by atoms with van der Waals surface area (Å²) in [6, 6.07) is 62.2. The van der Waals surface area contributed by atoms with Crippen LogP contribution in [0, 0.1) is 42.7 Å². The first-order valence-corrected chi connectivity index (χ1v) is 36.4. The Morgan fingerprint density at radius 1 is 0.520 bits per heavy atom. The molecule has 16 rings (SSSR count). The monoisotopic (exact) mass is 1390 g/mol. The van der Waals surface area contributed by atoms with E-state index >= 15 is 0 Å². The Morgan fingerprint density at radius 2 is 0.902 bits per heavy atom. The van der Waals surface area contributed by atoms with Crippen LogP contribution in [0.4, 0.5) is 0 Å². The van der Waals surface area contributed by atoms with Crippen molar-refractivity contribution in [1.29, 1.82) is 0 Å². The number of carbonyl (C=O) groups is 1. The van der Waals surface area contributed by atoms with Gasteiger partial charge in [-0.15, -0.1) is 0 Å². The molecule has 0 saturated carbocycles. The Morgan fingerprint density at radius 3 is 1.32 bits per heavy atom. The average molecular weight is 1390 g/mol. The number of imidazole rings is 3. The first-order chi connectivity index (χ1) is 54.7. The first-order valence-electron chi connectivity index (χ1n) is 41.4. The fraction of sp³-hybridized carbons (Fsp3) is 0.368. The first kappa shape index (κ1) is 62.9. The van der Waals surface area contributed by atoms with Crippen molar-refractivity contribution < 1.29 is 44.9 Å². The number of aromatic nitrogens is 7. The highest BCUT2D eigenvalue weighted by Crippen LogP contribution is 2.56. The number of ether oxygens (including phenoxy) is 3. The summed E-state index contributed by atoms with van der Waals surface area (Å²) in [5, 5.41) is 14.8. The quantitative estimate of drug-likeness (QED) is 0.0649. The number of nitrogens with zero attached hydrogens (tertiary/aromatic N) is 9. The second-order valence-corrected chi connectivity index (χ2v) is 29.3. The zero-order valence-electron chi connectivity index (χ0n) is 69.5. The topological polar surface area (TPSA) is 153 Å². The van der Waals surface area contributed by atoms with Gasteiger partial charge in [-0.1, -0.05) is 198 Å². The van der Waals surface area contributed by atoms with E-state index in [-0.39, 0.29) is 53.2 Å². The standard InChI is InChI=1S/2C29H31N3O2.C29H29N3O2.6H2/c1-20-24-13-14-25-28(29(24,2)17-22-18-30-34-27(20)22)31-26(32(25)23-11-7-4-8-12-23)15-16-33-19-21-9-5-3-6-10-21;2*1-20-23-14-15-25-28(29(23,2)18-24(30-3)27(20)33)31-26(32(25)22-12-8-5-9-13-22)16-17-34-19-21-10-6-4-7-11-21;;;;;;/h3-12,18,20,24H,13-17,19H2,1-2H3;4-13,20,23,33H,14-19H2,1-2H3;4-13,18,20,23H,14-17,19H2,1-2H3;6*1H/t20-,24-,29-;2*20-,23-,29-;;;;;;/m000....../s1/i;;;5*1+2T;1+2. The predicted molar refractivity (Wildman–Crippen MR) is 408 cm³/mol. The van der Waals surface area contributed by atoms with Gasteiger partial charge in [0.2, 0.25) is 11.4 Å². The summed E-state index contributed by atoms with van der Waals surface area (Å²) >= 11 is 0. The maximum Gasteiger partial charge on any atom is 0.226 e. The Kier molecular flexibility index (Phi) is 18.4. The maximum atomic E-state index is 12.7. The molecule has 0 amide bonds. The summed E-state index contributed by atoms with van der Waals surface area (Å²) in [6.07, 6.45) is 13.3. The third-order valence-corrected chi connectivity index (χ3v) is 23.1. The molecule has 0 saturated heterocycles. The number of carbonyl (C=O) groups excluding carboxylic acids is 1. The van der Waals surface area contributed by atoms with E-state index < -0.39 is 5.41 Å². The van der Waals surface area contributed by atoms with Crippen molar-refractivity contribution in [2.75, 3.05) is 19.8 Å². The van der Waals surface area contributed by atoms with E-state index in [0.717, 1.165) is 108 Å². The number of Topliss-reactive ketones (excluding diaryl/α,β-unsaturated/α-hetero) is 1. The lowest BCUT2D eigenvalue weighted by molar-refractivity contribution is -0.121. The van der Waals surface area contributed by atoms with Gasteiger partial charge in [-0.2, -0.15) is 0 Å². The van der Waals surface area contributed by atoms with Gasteiger partial charge in [-0.3, -0.25) is 0 Å². The summed E-state index contributed by atoms with van der Waals surface area (Å²) in [4.78, 5) is 35.8. The van der Waals surface area contributed by atoms with Gasteiger partial charge in [0.1, 0.15) is 23.2 Å². The molecule has 15 heteroatoms. The van der Waals surface area contributed by atoms with E-state index in [1.165, 1.54) is 39.6 Å². The molecular formula is C87H103N9O6. The second kappa shape index (κ2) is 29.9. The van der Waals surface area contributed by atoms with Crippen molar-refractivity contribution in [3.8, 4) is 17.1 Å². The summed E-state index contributed by atoms with van der Waals surface area (Å²) in [5.41, 5.74) is 15.3. The van der Waals surface area contributed by atoms with Crippen LogP contribution >= 0.6 is 0 Å². The van der Waals surface area contributed by atoms with Crippen LogP contribution < -0.4 is 0 Å². The minimum atomic E-state index is -0.430. The summed E-state index contributed by atoms with van der Waals surface area (Å²) in [6.45, 7) is 31.9. The predicted octanol–water partition coefficient (Wildman–Crippen LogP) is 18.9. The molecule has 4 aromatic heterocycles. The molecule has 0 fully saturated rings. The van der Waals surface area contributed by atoms with Crippen molar-refractivity contribution in [1.82, 2.24) is 33.8 Å². The van der Waals surface area contributed by atoms with E-state index in [2.05, 4.69) is 178 Å². The third kappa shape index (κ3) is 13.3. The van der Waals surface area contributed by atoms with Crippen LogP contribution in [0.3, 0.4) is 0 Å². The molecule has 532 valence electrons. The molecule has 0 bridgehead atoms. The van der Waals surface area contributed by atoms with E-state index in [0.29, 0.717) is 76.4 Å². The lowest BCUT2D eigenvalue weighted by atomic mass is 9.57. The number of aliphatic hydroxyl groups is 1. The molecule has 10 aromatic rings. The van der Waals surface area contributed by atoms with Crippen LogP contribution in [0.1, 0.15) is 169 Å². The van der Waals surface area contributed by atoms with Crippen LogP contribution in [0.25, 0.3) is 26.8 Å². The SMILES string of the molecule is C[C@@H]1c2oncc2C[C@]2(C)c3nc(CCOCc4ccccc4)n(-c4ccccc4)c3CC[C@@H]12.[3HH].[3H][3H].[3H][3H].[3H][3H].[3H][3H].[3H][3H].[C-]#[N+]C1=C(O)[C@@H](C)[C@@H]2CCc3c(nc(CCOCc4ccccc4)n3-c3ccccc3)[C@@]2(C)C1.[C-]#[N+]C1=C[C@]2(C)c3nc(CCOCc4ccccc4)n(-c4ccccc4)c3CC[C@H]2[C@H](C)C1=O. The van der Waals surface area contributed by atoms with Crippen LogP contribution in [-0.4, -0.2) is 64.5 Å². The molecule has 9 atom stereocenters. The van der Waals surface area contributed by atoms with Crippen LogP contribution in [0.2, 0.25) is 0 Å². The molecule has 1 N–H and O–H groups in total. The van der Waals surface area contributed by atoms with Gasteiger partial charge in [0, 0.05) is 109 Å². The zero-order valence-corrected chi connectivity index (χ0v) is 59.5. The number of benzene rings is 6. The third-order valence-electron chi connectivity index (χ3n) is 23.1. The summed E-state index contributed by atoms with van der Waals surface area (Å²) in [5.74, 6) is 5.45. The van der Waals surface area contributed by atoms with Gasteiger partial charge >= 0.3 is 0 Å². The lowest BCUT2D eigenvalue weighted by Crippen LogP contribution is -2.45. The highest BCUT2D eigenvalue weighted by atomic mass is 16.5. The van der Waals surface area contributed by atoms with Crippen molar-refractivity contribution in [3.05, 3.63) is 314 Å². The van der Waals surface area contributed by atoms with Crippen molar-refractivity contribution in [2.24, 2.45) is 29.6 Å². The lowest BCUT2D eigenvalue weighted by Gasteiger charge is -2.47. The Labute approximate surface area is 616 Å². The normalized spacial score (nSPS) is 23.9. The molecule has 102 heavy (non-hydrogen) atoms. The number of rotatable bonds is 18. The molecule has 4 heterocycles. The van der Waals surface area contributed by atoms with Gasteiger partial charge < -0.3 is 42.3 Å². The zero-order chi connectivity index (χ0) is 80.5. The Hall–Kier alpha value is -10.0. The summed E-state index contributed by atoms with van der Waals surface area (Å²) < 4.78 is 80.7. The smallest absolute Gasteiger partial charge is 0.226 e. The van der Waals surface area contributed by atoms with Gasteiger partial charge in [0.05, 0.1) is 81.8 Å². The number of hydrogen-bond acceptors (Lipinski definition) is 10. The Bertz CT molecular complexity index is 4790. The molecule has 6 aliphatic carbocycles. The molecule has 6 aromatic carbocycles. The van der Waals surface area contributed by atoms with Crippen molar-refractivity contribution in [2.45, 2.75) is 154 Å². The molecule has 0 radical (unpaired) electrons. The molecule has 15 nitrogen and oxygen atoms in total. The van der Waals surface area contributed by atoms with E-state index in [1.807, 2.05) is 85.9 Å². The number of allylic oxidation sites excluding steroid dienone is 4. The molecule has 0 unspecified atom stereocenters. The van der Waals surface area contributed by atoms with Crippen molar-refractivity contribution in [3.63, 3.8) is 0 Å². The van der Waals surface area contributed by atoms with E-state index in [9.17, 15) is 9.90 Å². The summed E-state index contributed by atoms with van der Waals surface area (Å²) in [7, 11) is 0. The maximum absolute atomic E-state index is 12.7. The van der Waals surface area contributed by atoms with Gasteiger partial charge in [-0.05, 0) is 122 Å². The molecule has 0 aliphatic heterocycles. The number of hydrogen-bond donors (Lipinski definition) is 1. The molecular weight excluding hydrogens is 1270 g/mol. The van der Waals surface area contributed by atoms with Gasteiger partial charge in [-0.25, -0.2) is 24.6 Å². The van der Waals surface area contributed by atoms with Gasteiger partial charge in [0.25, 0.3) is 0 Å². The number of fused-ring (bicyclic) bond motifs is 10. The fourth-order valence-corrected chi connectivity index (χ4v) is 18.0. The average Bonchev–Trinajstić information content (AvgIpc) is 1.63. The van der Waals surface area contributed by atoms with Crippen LogP contribution in [-0.2, 0) is 100 Å².